The molecule has 2 unspecified atom stereocenters. The van der Waals surface area contributed by atoms with Crippen molar-refractivity contribution in [2.75, 3.05) is 6.26 Å². The van der Waals surface area contributed by atoms with E-state index in [9.17, 15) is 0 Å². The highest BCUT2D eigenvalue weighted by Crippen LogP contribution is 2.28. The zero-order chi connectivity index (χ0) is 19.2. The van der Waals surface area contributed by atoms with Crippen molar-refractivity contribution in [1.29, 1.82) is 0 Å². The molecule has 0 saturated carbocycles. The first-order valence-electron chi connectivity index (χ1n) is 10.7. The van der Waals surface area contributed by atoms with Crippen LogP contribution in [0.1, 0.15) is 109 Å². The molecule has 0 aliphatic carbocycles. The van der Waals surface area contributed by atoms with E-state index in [-0.39, 0.29) is 0 Å². The number of rotatable bonds is 16. The van der Waals surface area contributed by atoms with Crippen molar-refractivity contribution in [3.05, 3.63) is 11.4 Å². The first kappa shape index (κ1) is 23.9. The van der Waals surface area contributed by atoms with Crippen LogP contribution in [-0.4, -0.2) is 26.5 Å². The van der Waals surface area contributed by atoms with Crippen molar-refractivity contribution < 1.29 is 0 Å². The molecular weight excluding hydrogens is 358 g/mol. The molecule has 1 heterocycles. The summed E-state index contributed by atoms with van der Waals surface area (Å²) in [4.78, 5) is 2.07. The van der Waals surface area contributed by atoms with Crippen LogP contribution < -0.4 is 0 Å². The van der Waals surface area contributed by atoms with Crippen molar-refractivity contribution in [1.82, 2.24) is 15.0 Å². The fourth-order valence-corrected chi connectivity index (χ4v) is 5.17. The van der Waals surface area contributed by atoms with Crippen molar-refractivity contribution in [3.63, 3.8) is 0 Å². The topological polar surface area (TPSA) is 30.7 Å². The number of unbranched alkanes of at least 4 members (excludes halogenated alkanes) is 2. The van der Waals surface area contributed by atoms with Crippen LogP contribution in [0.4, 0.5) is 0 Å². The lowest BCUT2D eigenvalue weighted by molar-refractivity contribution is 0.345. The van der Waals surface area contributed by atoms with Gasteiger partial charge in [0.25, 0.3) is 0 Å². The summed E-state index contributed by atoms with van der Waals surface area (Å²) in [5, 5.41) is 10.7. The number of hydrogen-bond donors (Lipinski definition) is 0. The Morgan fingerprint density at radius 3 is 1.96 bits per heavy atom. The summed E-state index contributed by atoms with van der Waals surface area (Å²) in [6, 6.07) is 0.478. The lowest BCUT2D eigenvalue weighted by atomic mass is 10.1. The van der Waals surface area contributed by atoms with E-state index in [0.29, 0.717) is 6.04 Å². The Morgan fingerprint density at radius 2 is 1.38 bits per heavy atom. The van der Waals surface area contributed by atoms with Crippen LogP contribution in [-0.2, 0) is 11.5 Å². The zero-order valence-corrected chi connectivity index (χ0v) is 19.4. The summed E-state index contributed by atoms with van der Waals surface area (Å²) in [6.07, 6.45) is 14.9. The van der Waals surface area contributed by atoms with Gasteiger partial charge in [0, 0.05) is 16.8 Å². The van der Waals surface area contributed by atoms with E-state index in [4.69, 9.17) is 10.2 Å². The van der Waals surface area contributed by atoms with E-state index >= 15 is 0 Å². The zero-order valence-electron chi connectivity index (χ0n) is 17.8. The molecule has 0 bridgehead atoms. The van der Waals surface area contributed by atoms with E-state index in [1.165, 1.54) is 75.6 Å². The minimum absolute atomic E-state index is 0.478. The Kier molecular flexibility index (Phi) is 13.6. The third-order valence-electron chi connectivity index (χ3n) is 4.85. The third kappa shape index (κ3) is 8.69. The fourth-order valence-electron chi connectivity index (χ4n) is 3.32. The molecular formula is C21H41N3S2. The molecule has 2 atom stereocenters. The summed E-state index contributed by atoms with van der Waals surface area (Å²) in [5.41, 5.74) is 2.45. The van der Waals surface area contributed by atoms with Gasteiger partial charge in [0.1, 0.15) is 0 Å². The standard InChI is InChI=1S/C21H41N3S2/c1-6-10-14-18(12-8-3)24-22-20(16-25-5)21(23-24)17-26-19(13-9-4)15-11-7-2/h18-19H,6-17H2,1-5H3. The second-order valence-corrected chi connectivity index (χ2v) is 9.45. The van der Waals surface area contributed by atoms with E-state index < -0.39 is 0 Å². The predicted molar refractivity (Wildman–Crippen MR) is 120 cm³/mol. The molecule has 1 aromatic heterocycles. The molecule has 1 aromatic rings. The van der Waals surface area contributed by atoms with E-state index in [2.05, 4.69) is 50.5 Å². The van der Waals surface area contributed by atoms with Gasteiger partial charge in [-0.3, -0.25) is 0 Å². The number of hydrogen-bond acceptors (Lipinski definition) is 4. The van der Waals surface area contributed by atoms with Gasteiger partial charge in [-0.25, -0.2) is 0 Å². The Labute approximate surface area is 170 Å². The van der Waals surface area contributed by atoms with E-state index in [1.807, 2.05) is 11.8 Å². The monoisotopic (exact) mass is 399 g/mol. The molecule has 0 aromatic carbocycles. The van der Waals surface area contributed by atoms with Crippen molar-refractivity contribution in [2.45, 2.75) is 115 Å². The van der Waals surface area contributed by atoms with Crippen LogP contribution >= 0.6 is 23.5 Å². The first-order chi connectivity index (χ1) is 12.7. The molecule has 0 aliphatic rings. The van der Waals surface area contributed by atoms with Crippen LogP contribution in [0, 0.1) is 0 Å². The van der Waals surface area contributed by atoms with Crippen LogP contribution in [0.5, 0.6) is 0 Å². The highest BCUT2D eigenvalue weighted by molar-refractivity contribution is 7.99. The molecule has 0 N–H and O–H groups in total. The first-order valence-corrected chi connectivity index (χ1v) is 13.2. The molecule has 0 radical (unpaired) electrons. The lowest BCUT2D eigenvalue weighted by Gasteiger charge is -2.15. The Hall–Kier alpha value is -0.160. The summed E-state index contributed by atoms with van der Waals surface area (Å²) in [7, 11) is 0. The molecule has 0 aliphatic heterocycles. The third-order valence-corrected chi connectivity index (χ3v) is 6.79. The number of thioether (sulfide) groups is 2. The fraction of sp³-hybridized carbons (Fsp3) is 0.905. The molecule has 0 spiro atoms. The second-order valence-electron chi connectivity index (χ2n) is 7.30. The maximum Gasteiger partial charge on any atom is 0.0966 e. The van der Waals surface area contributed by atoms with Gasteiger partial charge < -0.3 is 0 Å². The van der Waals surface area contributed by atoms with Crippen molar-refractivity contribution in [2.24, 2.45) is 0 Å². The van der Waals surface area contributed by atoms with Gasteiger partial charge in [-0.05, 0) is 31.9 Å². The lowest BCUT2D eigenvalue weighted by Crippen LogP contribution is -2.13. The minimum atomic E-state index is 0.478. The summed E-state index contributed by atoms with van der Waals surface area (Å²) < 4.78 is 0. The predicted octanol–water partition coefficient (Wildman–Crippen LogP) is 7.26. The van der Waals surface area contributed by atoms with E-state index in [1.54, 1.807) is 0 Å². The van der Waals surface area contributed by atoms with Gasteiger partial charge in [-0.15, -0.1) is 0 Å². The highest BCUT2D eigenvalue weighted by Gasteiger charge is 2.18. The molecule has 1 rings (SSSR count). The normalized spacial score (nSPS) is 13.9. The average molecular weight is 400 g/mol. The number of nitrogens with zero attached hydrogens (tertiary/aromatic N) is 3. The minimum Gasteiger partial charge on any atom is -0.181 e. The van der Waals surface area contributed by atoms with Gasteiger partial charge in [0.2, 0.25) is 0 Å². The van der Waals surface area contributed by atoms with Gasteiger partial charge in [0.05, 0.1) is 17.4 Å². The van der Waals surface area contributed by atoms with Crippen LogP contribution in [0.15, 0.2) is 0 Å². The van der Waals surface area contributed by atoms with Crippen LogP contribution in [0.3, 0.4) is 0 Å². The maximum atomic E-state index is 4.98. The quantitative estimate of drug-likeness (QED) is 0.292. The second kappa shape index (κ2) is 14.8. The molecule has 26 heavy (non-hydrogen) atoms. The largest absolute Gasteiger partial charge is 0.181 e. The molecule has 152 valence electrons. The molecule has 0 saturated heterocycles. The maximum absolute atomic E-state index is 4.98. The smallest absolute Gasteiger partial charge is 0.0966 e. The SMILES string of the molecule is CCCCC(CCC)SCc1nn(C(CCC)CCCC)nc1CSC. The van der Waals surface area contributed by atoms with Gasteiger partial charge in [-0.1, -0.05) is 66.2 Å². The van der Waals surface area contributed by atoms with Gasteiger partial charge in [0.15, 0.2) is 0 Å². The molecule has 5 heteroatoms. The van der Waals surface area contributed by atoms with Gasteiger partial charge >= 0.3 is 0 Å². The summed E-state index contributed by atoms with van der Waals surface area (Å²) in [5.74, 6) is 2.01. The average Bonchev–Trinajstić information content (AvgIpc) is 3.04. The van der Waals surface area contributed by atoms with Crippen molar-refractivity contribution in [3.8, 4) is 0 Å². The Bertz CT molecular complexity index is 462. The van der Waals surface area contributed by atoms with Gasteiger partial charge in [-0.2, -0.15) is 38.5 Å². The molecule has 0 fully saturated rings. The van der Waals surface area contributed by atoms with Crippen molar-refractivity contribution >= 4 is 23.5 Å². The Balaban J connectivity index is 2.82. The van der Waals surface area contributed by atoms with Crippen LogP contribution in [0.2, 0.25) is 0 Å². The summed E-state index contributed by atoms with van der Waals surface area (Å²) in [6.45, 7) is 9.13. The summed E-state index contributed by atoms with van der Waals surface area (Å²) >= 11 is 3.97. The highest BCUT2D eigenvalue weighted by atomic mass is 32.2. The van der Waals surface area contributed by atoms with E-state index in [0.717, 1.165) is 16.8 Å². The molecule has 0 amide bonds. The molecule has 3 nitrogen and oxygen atoms in total. The Morgan fingerprint density at radius 1 is 0.769 bits per heavy atom. The number of aromatic nitrogens is 3. The van der Waals surface area contributed by atoms with Crippen LogP contribution in [0.25, 0.3) is 0 Å².